The van der Waals surface area contributed by atoms with E-state index < -0.39 is 0 Å². The van der Waals surface area contributed by atoms with Gasteiger partial charge in [0.2, 0.25) is 0 Å². The van der Waals surface area contributed by atoms with Crippen LogP contribution in [0.2, 0.25) is 0 Å². The van der Waals surface area contributed by atoms with Gasteiger partial charge >= 0.3 is 5.97 Å². The van der Waals surface area contributed by atoms with Gasteiger partial charge in [-0.05, 0) is 62.6 Å². The molecule has 19 heavy (non-hydrogen) atoms. The molecule has 0 radical (unpaired) electrons. The first kappa shape index (κ1) is 15.2. The van der Waals surface area contributed by atoms with Crippen LogP contribution in [0.4, 0.5) is 0 Å². The number of likely N-dealkylation sites (tertiary alicyclic amines) is 1. The van der Waals surface area contributed by atoms with Crippen molar-refractivity contribution < 1.29 is 9.53 Å². The molecule has 4 heteroatoms. The molecule has 0 bridgehead atoms. The summed E-state index contributed by atoms with van der Waals surface area (Å²) in [5.74, 6) is 2.33. The van der Waals surface area contributed by atoms with E-state index in [2.05, 4.69) is 11.9 Å². The van der Waals surface area contributed by atoms with Crippen LogP contribution in [-0.2, 0) is 9.53 Å². The third-order valence-corrected chi connectivity index (χ3v) is 5.97. The van der Waals surface area contributed by atoms with E-state index in [4.69, 9.17) is 4.74 Å². The summed E-state index contributed by atoms with van der Waals surface area (Å²) in [7, 11) is 3.75. The highest BCUT2D eigenvalue weighted by atomic mass is 32.2. The normalized spacial score (nSPS) is 26.1. The largest absolute Gasteiger partial charge is 0.469 e. The second kappa shape index (κ2) is 6.98. The zero-order valence-electron chi connectivity index (χ0n) is 12.3. The summed E-state index contributed by atoms with van der Waals surface area (Å²) in [6.45, 7) is 1.27. The number of rotatable bonds is 7. The Labute approximate surface area is 121 Å². The maximum atomic E-state index is 11.4. The summed E-state index contributed by atoms with van der Waals surface area (Å²) in [5, 5.41) is 0. The van der Waals surface area contributed by atoms with Gasteiger partial charge in [0.25, 0.3) is 0 Å². The van der Waals surface area contributed by atoms with Crippen molar-refractivity contribution in [3.63, 3.8) is 0 Å². The van der Waals surface area contributed by atoms with Crippen molar-refractivity contribution in [3.8, 4) is 0 Å². The van der Waals surface area contributed by atoms with Gasteiger partial charge in [-0.3, -0.25) is 4.79 Å². The number of carbonyl (C=O) groups is 1. The Morgan fingerprint density at radius 2 is 2.21 bits per heavy atom. The Bertz CT molecular complexity index is 305. The van der Waals surface area contributed by atoms with Crippen LogP contribution in [-0.4, -0.2) is 49.1 Å². The van der Waals surface area contributed by atoms with E-state index in [1.807, 2.05) is 11.8 Å². The Morgan fingerprint density at radius 3 is 2.84 bits per heavy atom. The molecule has 1 atom stereocenters. The Morgan fingerprint density at radius 1 is 1.42 bits per heavy atom. The summed E-state index contributed by atoms with van der Waals surface area (Å²) in [5.41, 5.74) is 0.288. The lowest BCUT2D eigenvalue weighted by atomic mass is 10.0. The predicted octanol–water partition coefficient (Wildman–Crippen LogP) is 2.94. The van der Waals surface area contributed by atoms with Gasteiger partial charge in [0.1, 0.15) is 0 Å². The first-order valence-corrected chi connectivity index (χ1v) is 8.65. The van der Waals surface area contributed by atoms with E-state index in [0.717, 1.165) is 11.8 Å². The Balaban J connectivity index is 1.60. The molecule has 0 aromatic heterocycles. The van der Waals surface area contributed by atoms with Crippen molar-refractivity contribution in [1.82, 2.24) is 4.90 Å². The SMILES string of the molecule is COC(=O)CC1(CSCCC2CCCCN2C)CC1. The molecule has 0 N–H and O–H groups in total. The summed E-state index contributed by atoms with van der Waals surface area (Å²) in [6.07, 6.45) is 8.46. The predicted molar refractivity (Wildman–Crippen MR) is 80.5 cm³/mol. The molecule has 1 aliphatic carbocycles. The maximum absolute atomic E-state index is 11.4. The van der Waals surface area contributed by atoms with E-state index in [9.17, 15) is 4.79 Å². The third kappa shape index (κ3) is 4.67. The molecule has 0 spiro atoms. The molecular formula is C15H27NO2S. The van der Waals surface area contributed by atoms with Gasteiger partial charge in [-0.1, -0.05) is 6.42 Å². The van der Waals surface area contributed by atoms with Crippen molar-refractivity contribution in [2.45, 2.75) is 51.0 Å². The minimum atomic E-state index is -0.0369. The molecule has 1 saturated carbocycles. The second-order valence-corrected chi connectivity index (χ2v) is 7.33. The fraction of sp³-hybridized carbons (Fsp3) is 0.933. The zero-order valence-corrected chi connectivity index (χ0v) is 13.1. The highest BCUT2D eigenvalue weighted by molar-refractivity contribution is 7.99. The first-order chi connectivity index (χ1) is 9.15. The van der Waals surface area contributed by atoms with Crippen molar-refractivity contribution in [2.75, 3.05) is 32.2 Å². The molecule has 0 aromatic carbocycles. The molecule has 2 rings (SSSR count). The lowest BCUT2D eigenvalue weighted by Gasteiger charge is -2.32. The topological polar surface area (TPSA) is 29.5 Å². The fourth-order valence-electron chi connectivity index (χ4n) is 2.94. The van der Waals surface area contributed by atoms with E-state index in [-0.39, 0.29) is 11.4 Å². The molecule has 2 fully saturated rings. The van der Waals surface area contributed by atoms with Crippen LogP contribution in [0.5, 0.6) is 0 Å². The number of esters is 1. The lowest BCUT2D eigenvalue weighted by molar-refractivity contribution is -0.141. The lowest BCUT2D eigenvalue weighted by Crippen LogP contribution is -2.36. The van der Waals surface area contributed by atoms with Crippen LogP contribution >= 0.6 is 11.8 Å². The van der Waals surface area contributed by atoms with Crippen LogP contribution in [0.15, 0.2) is 0 Å². The molecule has 0 aromatic rings. The van der Waals surface area contributed by atoms with Crippen LogP contribution in [0.1, 0.15) is 44.9 Å². The quantitative estimate of drug-likeness (QED) is 0.531. The van der Waals surface area contributed by atoms with Crippen molar-refractivity contribution in [2.24, 2.45) is 5.41 Å². The molecule has 110 valence electrons. The third-order valence-electron chi connectivity index (χ3n) is 4.63. The van der Waals surface area contributed by atoms with Crippen LogP contribution in [0.3, 0.4) is 0 Å². The van der Waals surface area contributed by atoms with Gasteiger partial charge < -0.3 is 9.64 Å². The molecule has 1 heterocycles. The minimum absolute atomic E-state index is 0.0369. The van der Waals surface area contributed by atoms with E-state index >= 15 is 0 Å². The molecular weight excluding hydrogens is 258 g/mol. The minimum Gasteiger partial charge on any atom is -0.469 e. The van der Waals surface area contributed by atoms with Crippen LogP contribution in [0, 0.1) is 5.41 Å². The van der Waals surface area contributed by atoms with Crippen molar-refractivity contribution in [3.05, 3.63) is 0 Å². The van der Waals surface area contributed by atoms with Gasteiger partial charge in [0.15, 0.2) is 0 Å². The van der Waals surface area contributed by atoms with Crippen molar-refractivity contribution in [1.29, 1.82) is 0 Å². The fourth-order valence-corrected chi connectivity index (χ4v) is 4.35. The molecule has 3 nitrogen and oxygen atoms in total. The smallest absolute Gasteiger partial charge is 0.306 e. The highest BCUT2D eigenvalue weighted by Crippen LogP contribution is 2.51. The molecule has 0 amide bonds. The molecule has 1 aliphatic heterocycles. The number of hydrogen-bond donors (Lipinski definition) is 0. The number of carbonyl (C=O) groups excluding carboxylic acids is 1. The van der Waals surface area contributed by atoms with Gasteiger partial charge in [-0.25, -0.2) is 0 Å². The number of hydrogen-bond acceptors (Lipinski definition) is 4. The Kier molecular flexibility index (Phi) is 5.58. The average Bonchev–Trinajstić information content (AvgIpc) is 3.16. The first-order valence-electron chi connectivity index (χ1n) is 7.50. The van der Waals surface area contributed by atoms with E-state index in [1.165, 1.54) is 57.9 Å². The summed E-state index contributed by atoms with van der Waals surface area (Å²) in [4.78, 5) is 13.9. The summed E-state index contributed by atoms with van der Waals surface area (Å²) < 4.78 is 4.79. The number of nitrogens with zero attached hydrogens (tertiary/aromatic N) is 1. The molecule has 1 saturated heterocycles. The number of ether oxygens (including phenoxy) is 1. The number of thioether (sulfide) groups is 1. The molecule has 1 unspecified atom stereocenters. The van der Waals surface area contributed by atoms with Crippen molar-refractivity contribution >= 4 is 17.7 Å². The van der Waals surface area contributed by atoms with Gasteiger partial charge in [-0.2, -0.15) is 11.8 Å². The van der Waals surface area contributed by atoms with Gasteiger partial charge in [0.05, 0.1) is 13.5 Å². The van der Waals surface area contributed by atoms with Gasteiger partial charge in [-0.15, -0.1) is 0 Å². The number of piperidine rings is 1. The van der Waals surface area contributed by atoms with E-state index in [0.29, 0.717) is 6.42 Å². The number of methoxy groups -OCH3 is 1. The highest BCUT2D eigenvalue weighted by Gasteiger charge is 2.44. The Hall–Kier alpha value is -0.220. The second-order valence-electron chi connectivity index (χ2n) is 6.22. The summed E-state index contributed by atoms with van der Waals surface area (Å²) in [6, 6.07) is 0.789. The maximum Gasteiger partial charge on any atom is 0.306 e. The van der Waals surface area contributed by atoms with Crippen LogP contribution in [0.25, 0.3) is 0 Å². The standard InChI is InChI=1S/C15H27NO2S/c1-16-9-4-3-5-13(16)6-10-19-12-15(7-8-15)11-14(17)18-2/h13H,3-12H2,1-2H3. The van der Waals surface area contributed by atoms with Crippen LogP contribution < -0.4 is 0 Å². The summed E-state index contributed by atoms with van der Waals surface area (Å²) >= 11 is 2.04. The zero-order chi connectivity index (χ0) is 13.7. The van der Waals surface area contributed by atoms with Gasteiger partial charge in [0, 0.05) is 6.04 Å². The van der Waals surface area contributed by atoms with E-state index in [1.54, 1.807) is 0 Å². The molecule has 2 aliphatic rings. The monoisotopic (exact) mass is 285 g/mol. The average molecular weight is 285 g/mol.